The number of anilines is 1. The van der Waals surface area contributed by atoms with E-state index in [-0.39, 0.29) is 11.2 Å². The number of nitrogens with one attached hydrogen (secondary N) is 1. The van der Waals surface area contributed by atoms with Crippen LogP contribution in [0, 0.1) is 0 Å². The maximum absolute atomic E-state index is 12.5. The van der Waals surface area contributed by atoms with Gasteiger partial charge in [-0.1, -0.05) is 32.9 Å². The van der Waals surface area contributed by atoms with Crippen molar-refractivity contribution in [3.63, 3.8) is 0 Å². The minimum Gasteiger partial charge on any atom is -0.432 e. The lowest BCUT2D eigenvalue weighted by Crippen LogP contribution is -2.16. The zero-order chi connectivity index (χ0) is 14.9. The van der Waals surface area contributed by atoms with Crippen LogP contribution in [0.2, 0.25) is 0 Å². The van der Waals surface area contributed by atoms with Gasteiger partial charge in [-0.15, -0.1) is 0 Å². The third kappa shape index (κ3) is 2.80. The van der Waals surface area contributed by atoms with Crippen molar-refractivity contribution in [3.8, 4) is 5.75 Å². The average molecular weight is 281 g/mol. The summed E-state index contributed by atoms with van der Waals surface area (Å²) in [6.07, 6.45) is 0. The number of halogens is 2. The van der Waals surface area contributed by atoms with E-state index in [0.29, 0.717) is 16.6 Å². The molecule has 0 fully saturated rings. The molecule has 1 aromatic carbocycles. The molecule has 0 unspecified atom stereocenters. The highest BCUT2D eigenvalue weighted by Gasteiger charge is 2.20. The topological polar surface area (TPSA) is 60.2 Å². The monoisotopic (exact) mass is 281 g/mol. The number of nitrogens with zero attached hydrogens (tertiary/aromatic N) is 1. The third-order valence-corrected chi connectivity index (χ3v) is 2.94. The summed E-state index contributed by atoms with van der Waals surface area (Å²) in [6.45, 7) is 3.06. The Labute approximate surface area is 115 Å². The number of alkyl halides is 2. The maximum Gasteiger partial charge on any atom is 0.387 e. The van der Waals surface area contributed by atoms with Gasteiger partial charge in [-0.2, -0.15) is 8.78 Å². The molecule has 6 heteroatoms. The van der Waals surface area contributed by atoms with E-state index >= 15 is 0 Å². The first-order valence-corrected chi connectivity index (χ1v) is 6.18. The van der Waals surface area contributed by atoms with E-state index in [1.807, 2.05) is 26.8 Å². The normalized spacial score (nSPS) is 11.9. The lowest BCUT2D eigenvalue weighted by molar-refractivity contribution is -0.0489. The van der Waals surface area contributed by atoms with E-state index in [0.717, 1.165) is 5.69 Å². The Bertz CT molecular complexity index is 624. The highest BCUT2D eigenvalue weighted by molar-refractivity contribution is 5.95. The summed E-state index contributed by atoms with van der Waals surface area (Å²) < 4.78 is 29.5. The van der Waals surface area contributed by atoms with Gasteiger partial charge in [0.2, 0.25) is 0 Å². The number of rotatable bonds is 3. The number of para-hydroxylation sites is 1. The summed E-state index contributed by atoms with van der Waals surface area (Å²) in [6, 6.07) is 6.66. The van der Waals surface area contributed by atoms with Gasteiger partial charge in [-0.05, 0) is 12.1 Å². The predicted molar refractivity (Wildman–Crippen MR) is 74.9 cm³/mol. The van der Waals surface area contributed by atoms with E-state index in [4.69, 9.17) is 5.84 Å². The van der Waals surface area contributed by atoms with Crippen LogP contribution in [0.4, 0.5) is 14.5 Å². The quantitative estimate of drug-likeness (QED) is 0.668. The highest BCUT2D eigenvalue weighted by atomic mass is 19.3. The van der Waals surface area contributed by atoms with Gasteiger partial charge >= 0.3 is 6.61 Å². The molecule has 0 atom stereocenters. The van der Waals surface area contributed by atoms with Gasteiger partial charge in [0, 0.05) is 16.5 Å². The van der Waals surface area contributed by atoms with E-state index in [9.17, 15) is 8.78 Å². The maximum atomic E-state index is 12.5. The molecule has 0 radical (unpaired) electrons. The van der Waals surface area contributed by atoms with Gasteiger partial charge in [0.15, 0.2) is 5.75 Å². The molecular formula is C14H17F2N3O. The van der Waals surface area contributed by atoms with Gasteiger partial charge in [0.1, 0.15) is 5.52 Å². The summed E-state index contributed by atoms with van der Waals surface area (Å²) in [5.74, 6) is 5.55. The van der Waals surface area contributed by atoms with E-state index < -0.39 is 6.61 Å². The van der Waals surface area contributed by atoms with Crippen LogP contribution in [0.25, 0.3) is 10.9 Å². The minimum absolute atomic E-state index is 0.0418. The molecule has 1 heterocycles. The third-order valence-electron chi connectivity index (χ3n) is 2.94. The molecule has 0 spiro atoms. The zero-order valence-corrected chi connectivity index (χ0v) is 11.6. The molecular weight excluding hydrogens is 264 g/mol. The van der Waals surface area contributed by atoms with Crippen molar-refractivity contribution in [1.82, 2.24) is 4.98 Å². The van der Waals surface area contributed by atoms with Crippen molar-refractivity contribution < 1.29 is 13.5 Å². The van der Waals surface area contributed by atoms with Gasteiger partial charge in [0.05, 0.1) is 5.69 Å². The van der Waals surface area contributed by atoms with Crippen molar-refractivity contribution in [1.29, 1.82) is 0 Å². The van der Waals surface area contributed by atoms with Gasteiger partial charge in [-0.25, -0.2) is 4.98 Å². The number of nitrogen functional groups attached to an aromatic ring is 1. The van der Waals surface area contributed by atoms with E-state index in [1.165, 1.54) is 6.07 Å². The van der Waals surface area contributed by atoms with Crippen molar-refractivity contribution in [2.24, 2.45) is 5.84 Å². The smallest absolute Gasteiger partial charge is 0.387 e. The van der Waals surface area contributed by atoms with E-state index in [2.05, 4.69) is 15.1 Å². The molecule has 0 amide bonds. The van der Waals surface area contributed by atoms with Crippen molar-refractivity contribution in [2.45, 2.75) is 32.8 Å². The fourth-order valence-corrected chi connectivity index (χ4v) is 1.92. The second-order valence-corrected chi connectivity index (χ2v) is 5.48. The summed E-state index contributed by atoms with van der Waals surface area (Å²) in [7, 11) is 0. The number of aromatic nitrogens is 1. The van der Waals surface area contributed by atoms with Gasteiger partial charge < -0.3 is 10.2 Å². The summed E-state index contributed by atoms with van der Waals surface area (Å²) in [4.78, 5) is 4.45. The number of benzene rings is 1. The number of fused-ring (bicyclic) bond motifs is 1. The summed E-state index contributed by atoms with van der Waals surface area (Å²) in [5, 5.41) is 0.638. The van der Waals surface area contributed by atoms with Crippen molar-refractivity contribution in [3.05, 3.63) is 30.0 Å². The summed E-state index contributed by atoms with van der Waals surface area (Å²) in [5.41, 5.74) is 4.07. The number of nitrogens with two attached hydrogens (primary N) is 1. The lowest BCUT2D eigenvalue weighted by atomic mass is 9.90. The minimum atomic E-state index is -2.89. The van der Waals surface area contributed by atoms with Crippen molar-refractivity contribution in [2.75, 3.05) is 5.43 Å². The van der Waals surface area contributed by atoms with Crippen LogP contribution in [0.1, 0.15) is 26.5 Å². The molecule has 3 N–H and O–H groups in total. The number of hydrogen-bond acceptors (Lipinski definition) is 4. The molecule has 0 aliphatic heterocycles. The van der Waals surface area contributed by atoms with Crippen LogP contribution in [-0.2, 0) is 5.41 Å². The Hall–Kier alpha value is -1.95. The van der Waals surface area contributed by atoms with Crippen LogP contribution in [0.15, 0.2) is 24.3 Å². The SMILES string of the molecule is CC(C)(C)c1cc(NN)c2cccc(OC(F)F)c2n1. The largest absolute Gasteiger partial charge is 0.432 e. The molecule has 2 rings (SSSR count). The molecule has 20 heavy (non-hydrogen) atoms. The fraction of sp³-hybridized carbons (Fsp3) is 0.357. The number of pyridine rings is 1. The van der Waals surface area contributed by atoms with Crippen molar-refractivity contribution >= 4 is 16.6 Å². The Morgan fingerprint density at radius 3 is 2.55 bits per heavy atom. The molecule has 108 valence electrons. The highest BCUT2D eigenvalue weighted by Crippen LogP contribution is 2.33. The number of hydrogen-bond donors (Lipinski definition) is 2. The lowest BCUT2D eigenvalue weighted by Gasteiger charge is -2.20. The van der Waals surface area contributed by atoms with Crippen LogP contribution in [0.5, 0.6) is 5.75 Å². The Balaban J connectivity index is 2.72. The molecule has 2 aromatic rings. The first kappa shape index (κ1) is 14.5. The molecule has 0 aliphatic carbocycles. The molecule has 0 saturated heterocycles. The molecule has 0 saturated carbocycles. The van der Waals surface area contributed by atoms with Crippen LogP contribution in [-0.4, -0.2) is 11.6 Å². The summed E-state index contributed by atoms with van der Waals surface area (Å²) >= 11 is 0. The standard InChI is InChI=1S/C14H17F2N3O/c1-14(2,3)11-7-9(19-17)8-5-4-6-10(12(8)18-11)20-13(15)16/h4-7,13H,17H2,1-3H3,(H,18,19). The second-order valence-electron chi connectivity index (χ2n) is 5.48. The van der Waals surface area contributed by atoms with Gasteiger partial charge in [-0.3, -0.25) is 5.84 Å². The van der Waals surface area contributed by atoms with Crippen LogP contribution >= 0.6 is 0 Å². The first-order valence-electron chi connectivity index (χ1n) is 6.18. The van der Waals surface area contributed by atoms with Gasteiger partial charge in [0.25, 0.3) is 0 Å². The fourth-order valence-electron chi connectivity index (χ4n) is 1.92. The molecule has 1 aromatic heterocycles. The first-order chi connectivity index (χ1) is 9.32. The molecule has 0 aliphatic rings. The average Bonchev–Trinajstić information content (AvgIpc) is 2.36. The Morgan fingerprint density at radius 2 is 2.00 bits per heavy atom. The Kier molecular flexibility index (Phi) is 3.76. The number of ether oxygens (including phenoxy) is 1. The van der Waals surface area contributed by atoms with Crippen LogP contribution in [0.3, 0.4) is 0 Å². The number of hydrazine groups is 1. The molecule has 4 nitrogen and oxygen atoms in total. The zero-order valence-electron chi connectivity index (χ0n) is 11.6. The van der Waals surface area contributed by atoms with E-state index in [1.54, 1.807) is 12.1 Å². The predicted octanol–water partition coefficient (Wildman–Crippen LogP) is 3.42. The Morgan fingerprint density at radius 1 is 1.30 bits per heavy atom. The second kappa shape index (κ2) is 5.20. The van der Waals surface area contributed by atoms with Crippen LogP contribution < -0.4 is 16.0 Å². The molecule has 0 bridgehead atoms.